The van der Waals surface area contributed by atoms with Crippen molar-refractivity contribution in [2.75, 3.05) is 23.9 Å². The highest BCUT2D eigenvalue weighted by Gasteiger charge is 2.14. The largest absolute Gasteiger partial charge is 0.468 e. The van der Waals surface area contributed by atoms with Crippen molar-refractivity contribution in [3.8, 4) is 0 Å². The van der Waals surface area contributed by atoms with E-state index >= 15 is 0 Å². The van der Waals surface area contributed by atoms with Crippen molar-refractivity contribution >= 4 is 29.3 Å². The zero-order valence-electron chi connectivity index (χ0n) is 10.7. The molecule has 0 aromatic heterocycles. The van der Waals surface area contributed by atoms with Gasteiger partial charge >= 0.3 is 5.97 Å². The van der Waals surface area contributed by atoms with E-state index in [2.05, 4.69) is 10.1 Å². The number of rotatable bonds is 6. The summed E-state index contributed by atoms with van der Waals surface area (Å²) in [6.45, 7) is 0. The van der Waals surface area contributed by atoms with Crippen LogP contribution in [-0.4, -0.2) is 36.5 Å². The summed E-state index contributed by atoms with van der Waals surface area (Å²) in [6.07, 6.45) is 0. The number of benzene rings is 1. The van der Waals surface area contributed by atoms with Crippen LogP contribution in [-0.2, 0) is 14.3 Å². The molecule has 1 aromatic rings. The van der Waals surface area contributed by atoms with Crippen LogP contribution in [0.5, 0.6) is 0 Å². The number of carbonyl (C=O) groups is 2. The molecule has 1 aromatic carbocycles. The molecule has 0 aliphatic rings. The summed E-state index contributed by atoms with van der Waals surface area (Å²) in [6, 6.07) is 2.03. The molecule has 0 saturated heterocycles. The SMILES string of the molecule is COC(=O)C(N)CSCC(=O)Nc1ccc(F)cc1F. The second-order valence-electron chi connectivity index (χ2n) is 3.82. The Kier molecular flexibility index (Phi) is 6.40. The molecule has 0 radical (unpaired) electrons. The van der Waals surface area contributed by atoms with E-state index in [9.17, 15) is 18.4 Å². The Hall–Kier alpha value is -1.67. The molecule has 110 valence electrons. The number of esters is 1. The third-order valence-corrected chi connectivity index (χ3v) is 3.30. The van der Waals surface area contributed by atoms with Crippen LogP contribution in [0.1, 0.15) is 0 Å². The molecule has 1 rings (SSSR count). The number of hydrogen-bond acceptors (Lipinski definition) is 5. The number of hydrogen-bond donors (Lipinski definition) is 2. The molecule has 20 heavy (non-hydrogen) atoms. The Balaban J connectivity index is 2.39. The summed E-state index contributed by atoms with van der Waals surface area (Å²) in [4.78, 5) is 22.5. The van der Waals surface area contributed by atoms with Gasteiger partial charge in [-0.1, -0.05) is 0 Å². The van der Waals surface area contributed by atoms with Gasteiger partial charge in [-0.05, 0) is 12.1 Å². The molecule has 3 N–H and O–H groups in total. The number of nitrogens with one attached hydrogen (secondary N) is 1. The first-order chi connectivity index (χ1) is 9.43. The molecule has 8 heteroatoms. The molecule has 0 aliphatic heterocycles. The summed E-state index contributed by atoms with van der Waals surface area (Å²) in [5, 5.41) is 2.30. The van der Waals surface area contributed by atoms with E-state index < -0.39 is 29.6 Å². The molecule has 0 fully saturated rings. The minimum absolute atomic E-state index is 0.0124. The number of carbonyl (C=O) groups excluding carboxylic acids is 2. The van der Waals surface area contributed by atoms with E-state index in [1.807, 2.05) is 0 Å². The van der Waals surface area contributed by atoms with Crippen molar-refractivity contribution in [3.63, 3.8) is 0 Å². The fourth-order valence-corrected chi connectivity index (χ4v) is 2.04. The van der Waals surface area contributed by atoms with Crippen molar-refractivity contribution in [2.45, 2.75) is 6.04 Å². The number of thioether (sulfide) groups is 1. The summed E-state index contributed by atoms with van der Waals surface area (Å²) in [5.74, 6) is -2.43. The molecule has 0 spiro atoms. The number of methoxy groups -OCH3 is 1. The first-order valence-electron chi connectivity index (χ1n) is 5.60. The maximum atomic E-state index is 13.3. The third-order valence-electron chi connectivity index (χ3n) is 2.24. The lowest BCUT2D eigenvalue weighted by Crippen LogP contribution is -2.34. The molecule has 0 heterocycles. The molecule has 0 bridgehead atoms. The Morgan fingerprint density at radius 1 is 1.45 bits per heavy atom. The van der Waals surface area contributed by atoms with Gasteiger partial charge in [-0.15, -0.1) is 11.8 Å². The second kappa shape index (κ2) is 7.81. The molecular weight excluding hydrogens is 290 g/mol. The van der Waals surface area contributed by atoms with E-state index in [-0.39, 0.29) is 17.2 Å². The zero-order chi connectivity index (χ0) is 15.1. The number of nitrogens with two attached hydrogens (primary N) is 1. The van der Waals surface area contributed by atoms with Gasteiger partial charge in [-0.25, -0.2) is 8.78 Å². The Labute approximate surface area is 118 Å². The van der Waals surface area contributed by atoms with Crippen molar-refractivity contribution in [1.82, 2.24) is 0 Å². The maximum Gasteiger partial charge on any atom is 0.323 e. The molecule has 1 atom stereocenters. The van der Waals surface area contributed by atoms with Crippen LogP contribution in [0.4, 0.5) is 14.5 Å². The highest BCUT2D eigenvalue weighted by atomic mass is 32.2. The van der Waals surface area contributed by atoms with Gasteiger partial charge < -0.3 is 15.8 Å². The quantitative estimate of drug-likeness (QED) is 0.770. The topological polar surface area (TPSA) is 81.4 Å². The third kappa shape index (κ3) is 5.14. The van der Waals surface area contributed by atoms with Crippen LogP contribution < -0.4 is 11.1 Å². The lowest BCUT2D eigenvalue weighted by atomic mass is 10.3. The van der Waals surface area contributed by atoms with E-state index in [1.54, 1.807) is 0 Å². The molecule has 0 saturated carbocycles. The number of ether oxygens (including phenoxy) is 1. The van der Waals surface area contributed by atoms with Gasteiger partial charge in [0.2, 0.25) is 5.91 Å². The average molecular weight is 304 g/mol. The van der Waals surface area contributed by atoms with E-state index in [0.29, 0.717) is 6.07 Å². The van der Waals surface area contributed by atoms with Crippen LogP contribution in [0.15, 0.2) is 18.2 Å². The van der Waals surface area contributed by atoms with Gasteiger partial charge in [-0.3, -0.25) is 9.59 Å². The number of amides is 1. The van der Waals surface area contributed by atoms with Gasteiger partial charge in [-0.2, -0.15) is 0 Å². The van der Waals surface area contributed by atoms with E-state index in [0.717, 1.165) is 23.9 Å². The first kappa shape index (κ1) is 16.4. The fraction of sp³-hybridized carbons (Fsp3) is 0.333. The summed E-state index contributed by atoms with van der Waals surface area (Å²) in [7, 11) is 1.22. The summed E-state index contributed by atoms with van der Waals surface area (Å²) >= 11 is 1.11. The Morgan fingerprint density at radius 3 is 2.75 bits per heavy atom. The highest BCUT2D eigenvalue weighted by molar-refractivity contribution is 8.00. The Morgan fingerprint density at radius 2 is 2.15 bits per heavy atom. The molecule has 1 amide bonds. The van der Waals surface area contributed by atoms with Crippen LogP contribution in [0, 0.1) is 11.6 Å². The lowest BCUT2D eigenvalue weighted by Gasteiger charge is -2.09. The van der Waals surface area contributed by atoms with Crippen LogP contribution >= 0.6 is 11.8 Å². The van der Waals surface area contributed by atoms with Gasteiger partial charge in [0.05, 0.1) is 18.6 Å². The molecular formula is C12H14F2N2O3S. The second-order valence-corrected chi connectivity index (χ2v) is 4.85. The van der Waals surface area contributed by atoms with Crippen molar-refractivity contribution < 1.29 is 23.1 Å². The zero-order valence-corrected chi connectivity index (χ0v) is 11.5. The standard InChI is InChI=1S/C12H14F2N2O3S/c1-19-12(18)9(15)5-20-6-11(17)16-10-3-2-7(13)4-8(10)14/h2-4,9H,5-6,15H2,1H3,(H,16,17). The van der Waals surface area contributed by atoms with Gasteiger partial charge in [0, 0.05) is 11.8 Å². The van der Waals surface area contributed by atoms with Crippen molar-refractivity contribution in [3.05, 3.63) is 29.8 Å². The lowest BCUT2D eigenvalue weighted by molar-refractivity contribution is -0.141. The minimum atomic E-state index is -0.852. The first-order valence-corrected chi connectivity index (χ1v) is 6.75. The maximum absolute atomic E-state index is 13.3. The predicted molar refractivity (Wildman–Crippen MR) is 72.3 cm³/mol. The monoisotopic (exact) mass is 304 g/mol. The van der Waals surface area contributed by atoms with Gasteiger partial charge in [0.1, 0.15) is 17.7 Å². The van der Waals surface area contributed by atoms with Crippen LogP contribution in [0.3, 0.4) is 0 Å². The fourth-order valence-electron chi connectivity index (χ4n) is 1.28. The van der Waals surface area contributed by atoms with Crippen molar-refractivity contribution in [1.29, 1.82) is 0 Å². The van der Waals surface area contributed by atoms with E-state index in [4.69, 9.17) is 5.73 Å². The molecule has 1 unspecified atom stereocenters. The van der Waals surface area contributed by atoms with Gasteiger partial charge in [0.25, 0.3) is 0 Å². The van der Waals surface area contributed by atoms with Gasteiger partial charge in [0.15, 0.2) is 0 Å². The summed E-state index contributed by atoms with van der Waals surface area (Å²) in [5.41, 5.74) is 5.38. The smallest absolute Gasteiger partial charge is 0.323 e. The molecule has 0 aliphatic carbocycles. The summed E-state index contributed by atoms with van der Waals surface area (Å²) < 4.78 is 30.4. The number of anilines is 1. The number of halogens is 2. The van der Waals surface area contributed by atoms with Crippen LogP contribution in [0.25, 0.3) is 0 Å². The predicted octanol–water partition coefficient (Wildman–Crippen LogP) is 1.14. The van der Waals surface area contributed by atoms with Crippen LogP contribution in [0.2, 0.25) is 0 Å². The highest BCUT2D eigenvalue weighted by Crippen LogP contribution is 2.15. The average Bonchev–Trinajstić information content (AvgIpc) is 2.41. The Bertz CT molecular complexity index is 500. The van der Waals surface area contributed by atoms with E-state index in [1.165, 1.54) is 7.11 Å². The van der Waals surface area contributed by atoms with Crippen molar-refractivity contribution in [2.24, 2.45) is 5.73 Å². The normalized spacial score (nSPS) is 11.8. The minimum Gasteiger partial charge on any atom is -0.468 e. The molecule has 5 nitrogen and oxygen atoms in total.